The molecule has 1 aliphatic rings. The maximum Gasteiger partial charge on any atom is 0.124 e. The molecule has 0 heterocycles. The van der Waals surface area contributed by atoms with Gasteiger partial charge < -0.3 is 35.3 Å². The molecule has 0 bridgehead atoms. The Morgan fingerprint density at radius 3 is 1.41 bits per heavy atom. The normalized spacial score (nSPS) is 18.4. The number of hydrogen-bond acceptors (Lipinski definition) is 7. The molecule has 1 fully saturated rings. The van der Waals surface area contributed by atoms with E-state index in [2.05, 4.69) is 41.3 Å². The van der Waals surface area contributed by atoms with Gasteiger partial charge in [0.25, 0.3) is 0 Å². The third kappa shape index (κ3) is 5.73. The van der Waals surface area contributed by atoms with E-state index in [1.807, 2.05) is 78.9 Å². The standard InChI is InChI=1S/C42H36N2O5/c1-43(2)29-24-36(46)39(37(47)25-29)40-41(48)38(42(40)49)32-22-21-28(23-35(32)45)44(33-19-11-9-17-30(33)26-13-5-3-6-14-26)34-20-12-10-18-31(34)27-15-7-4-8-16-27/h3-25,38,40-42,45-47H,1-2H3/q-2. The van der Waals surface area contributed by atoms with E-state index < -0.39 is 24.0 Å². The summed E-state index contributed by atoms with van der Waals surface area (Å²) in [6, 6.07) is 44.2. The Kier molecular flexibility index (Phi) is 8.46. The Labute approximate surface area is 285 Å². The highest BCUT2D eigenvalue weighted by molar-refractivity contribution is 5.93. The second-order valence-corrected chi connectivity index (χ2v) is 12.6. The second-order valence-electron chi connectivity index (χ2n) is 12.6. The highest BCUT2D eigenvalue weighted by Gasteiger charge is 2.42. The van der Waals surface area contributed by atoms with Crippen molar-refractivity contribution in [2.24, 2.45) is 0 Å². The lowest BCUT2D eigenvalue weighted by atomic mass is 9.62. The Morgan fingerprint density at radius 1 is 0.490 bits per heavy atom. The summed E-state index contributed by atoms with van der Waals surface area (Å²) >= 11 is 0. The van der Waals surface area contributed by atoms with Crippen LogP contribution < -0.4 is 20.0 Å². The third-order valence-corrected chi connectivity index (χ3v) is 9.48. The van der Waals surface area contributed by atoms with Crippen molar-refractivity contribution in [3.05, 3.63) is 151 Å². The molecule has 0 aromatic heterocycles. The molecule has 1 aliphatic carbocycles. The van der Waals surface area contributed by atoms with Gasteiger partial charge in [-0.15, -0.1) is 12.2 Å². The minimum absolute atomic E-state index is 0.0424. The van der Waals surface area contributed by atoms with Crippen molar-refractivity contribution in [1.82, 2.24) is 0 Å². The Balaban J connectivity index is 1.31. The summed E-state index contributed by atoms with van der Waals surface area (Å²) in [5.74, 6) is -2.98. The zero-order valence-electron chi connectivity index (χ0n) is 27.1. The first-order chi connectivity index (χ1) is 23.7. The average Bonchev–Trinajstić information content (AvgIpc) is 3.12. The zero-order chi connectivity index (χ0) is 34.2. The molecule has 7 nitrogen and oxygen atoms in total. The van der Waals surface area contributed by atoms with Crippen molar-refractivity contribution < 1.29 is 25.5 Å². The molecule has 0 saturated heterocycles. The summed E-state index contributed by atoms with van der Waals surface area (Å²) in [5.41, 5.74) is 7.15. The molecule has 0 amide bonds. The summed E-state index contributed by atoms with van der Waals surface area (Å²) in [7, 11) is 3.52. The van der Waals surface area contributed by atoms with Crippen molar-refractivity contribution in [2.45, 2.75) is 24.0 Å². The molecule has 6 aromatic carbocycles. The number of nitrogens with zero attached hydrogens (tertiary/aromatic N) is 2. The van der Waals surface area contributed by atoms with Gasteiger partial charge in [-0.25, -0.2) is 0 Å². The van der Waals surface area contributed by atoms with Gasteiger partial charge in [-0.1, -0.05) is 103 Å². The molecule has 6 aromatic rings. The van der Waals surface area contributed by atoms with E-state index in [1.165, 1.54) is 12.1 Å². The van der Waals surface area contributed by atoms with Crippen LogP contribution >= 0.6 is 0 Å². The number of anilines is 4. The first-order valence-corrected chi connectivity index (χ1v) is 16.2. The summed E-state index contributed by atoms with van der Waals surface area (Å²) in [4.78, 5) is 3.79. The Hall–Kier alpha value is -5.76. The van der Waals surface area contributed by atoms with Crippen molar-refractivity contribution in [3.63, 3.8) is 0 Å². The molecule has 49 heavy (non-hydrogen) atoms. The van der Waals surface area contributed by atoms with Gasteiger partial charge in [-0.3, -0.25) is 0 Å². The van der Waals surface area contributed by atoms with Gasteiger partial charge in [-0.05, 0) is 46.7 Å². The molecule has 0 radical (unpaired) electrons. The topological polar surface area (TPSA) is 113 Å². The van der Waals surface area contributed by atoms with Crippen LogP contribution in [0.1, 0.15) is 23.0 Å². The van der Waals surface area contributed by atoms with Crippen LogP contribution in [0.3, 0.4) is 0 Å². The van der Waals surface area contributed by atoms with Crippen molar-refractivity contribution in [2.75, 3.05) is 23.9 Å². The molecule has 0 aliphatic heterocycles. The molecule has 2 unspecified atom stereocenters. The maximum atomic E-state index is 13.6. The lowest BCUT2D eigenvalue weighted by molar-refractivity contribution is -0.536. The van der Waals surface area contributed by atoms with E-state index in [0.717, 1.165) is 33.6 Å². The van der Waals surface area contributed by atoms with E-state index in [0.29, 0.717) is 11.4 Å². The van der Waals surface area contributed by atoms with Crippen LogP contribution in [0, 0.1) is 0 Å². The summed E-state index contributed by atoms with van der Waals surface area (Å²) in [6.45, 7) is 0. The van der Waals surface area contributed by atoms with E-state index in [1.54, 1.807) is 31.1 Å². The molecule has 2 atom stereocenters. The van der Waals surface area contributed by atoms with Gasteiger partial charge in [0.2, 0.25) is 0 Å². The zero-order valence-corrected chi connectivity index (χ0v) is 27.1. The second kappa shape index (κ2) is 13.0. The molecule has 0 spiro atoms. The fraction of sp³-hybridized carbons (Fsp3) is 0.143. The largest absolute Gasteiger partial charge is 0.851 e. The fourth-order valence-electron chi connectivity index (χ4n) is 6.99. The molecule has 246 valence electrons. The molecular weight excluding hydrogens is 612 g/mol. The van der Waals surface area contributed by atoms with Crippen LogP contribution in [0.15, 0.2) is 140 Å². The van der Waals surface area contributed by atoms with E-state index in [9.17, 15) is 25.5 Å². The third-order valence-electron chi connectivity index (χ3n) is 9.48. The minimum atomic E-state index is -1.48. The van der Waals surface area contributed by atoms with Crippen molar-refractivity contribution in [3.8, 4) is 39.5 Å². The van der Waals surface area contributed by atoms with Crippen LogP contribution in [0.25, 0.3) is 22.3 Å². The number of rotatable bonds is 8. The first kappa shape index (κ1) is 31.8. The monoisotopic (exact) mass is 648 g/mol. The number of aromatic hydroxyl groups is 3. The Morgan fingerprint density at radius 2 is 0.939 bits per heavy atom. The smallest absolute Gasteiger partial charge is 0.124 e. The number of hydrogen-bond donors (Lipinski definition) is 3. The molecule has 1 saturated carbocycles. The summed E-state index contributed by atoms with van der Waals surface area (Å²) in [6.07, 6.45) is -2.95. The van der Waals surface area contributed by atoms with E-state index in [-0.39, 0.29) is 28.4 Å². The molecular formula is C42H36N2O5-2. The van der Waals surface area contributed by atoms with Crippen LogP contribution in [0.2, 0.25) is 0 Å². The number of para-hydroxylation sites is 2. The fourth-order valence-corrected chi connectivity index (χ4v) is 6.99. The predicted octanol–water partition coefficient (Wildman–Crippen LogP) is 7.01. The van der Waals surface area contributed by atoms with Crippen LogP contribution in [-0.4, -0.2) is 41.6 Å². The molecule has 7 rings (SSSR count). The van der Waals surface area contributed by atoms with Gasteiger partial charge in [0.05, 0.1) is 11.4 Å². The van der Waals surface area contributed by atoms with Gasteiger partial charge in [0.1, 0.15) is 17.2 Å². The highest BCUT2D eigenvalue weighted by Crippen LogP contribution is 2.53. The SMILES string of the molecule is CN(C)c1cc(O)c(C2C([O-])C(c3ccc(N(c4ccccc4-c4ccccc4)c4ccccc4-c4ccccc4)cc3O)C2[O-])c(O)c1. The average molecular weight is 649 g/mol. The lowest BCUT2D eigenvalue weighted by Crippen LogP contribution is -2.63. The van der Waals surface area contributed by atoms with Crippen LogP contribution in [0.5, 0.6) is 17.2 Å². The van der Waals surface area contributed by atoms with Gasteiger partial charge in [-0.2, -0.15) is 0 Å². The first-order valence-electron chi connectivity index (χ1n) is 16.2. The number of phenolic OH excluding ortho intramolecular Hbond substituents is 3. The number of benzene rings is 6. The van der Waals surface area contributed by atoms with Crippen molar-refractivity contribution in [1.29, 1.82) is 0 Å². The van der Waals surface area contributed by atoms with Gasteiger partial charge >= 0.3 is 0 Å². The number of phenols is 3. The minimum Gasteiger partial charge on any atom is -0.851 e. The van der Waals surface area contributed by atoms with Crippen LogP contribution in [-0.2, 0) is 0 Å². The summed E-state index contributed by atoms with van der Waals surface area (Å²) < 4.78 is 0. The molecule has 3 N–H and O–H groups in total. The van der Waals surface area contributed by atoms with Gasteiger partial charge in [0, 0.05) is 60.4 Å². The van der Waals surface area contributed by atoms with Crippen molar-refractivity contribution >= 4 is 22.7 Å². The quantitative estimate of drug-likeness (QED) is 0.163. The summed E-state index contributed by atoms with van der Waals surface area (Å²) in [5, 5.41) is 60.2. The predicted molar refractivity (Wildman–Crippen MR) is 191 cm³/mol. The van der Waals surface area contributed by atoms with Gasteiger partial charge in [0.15, 0.2) is 0 Å². The van der Waals surface area contributed by atoms with E-state index in [4.69, 9.17) is 0 Å². The maximum absolute atomic E-state index is 13.6. The molecule has 7 heteroatoms. The van der Waals surface area contributed by atoms with E-state index >= 15 is 0 Å². The lowest BCUT2D eigenvalue weighted by Gasteiger charge is -2.61. The highest BCUT2D eigenvalue weighted by atomic mass is 16.3. The Bertz CT molecular complexity index is 1980. The van der Waals surface area contributed by atoms with Crippen LogP contribution in [0.4, 0.5) is 22.7 Å².